The van der Waals surface area contributed by atoms with Crippen LogP contribution in [0.25, 0.3) is 10.6 Å². The van der Waals surface area contributed by atoms with E-state index in [-0.39, 0.29) is 11.6 Å². The van der Waals surface area contributed by atoms with Crippen LogP contribution >= 0.6 is 27.3 Å². The van der Waals surface area contributed by atoms with Crippen molar-refractivity contribution in [3.8, 4) is 10.6 Å². The Hall–Kier alpha value is -2.32. The number of aromatic nitrogens is 3. The van der Waals surface area contributed by atoms with Gasteiger partial charge in [0.15, 0.2) is 5.69 Å². The molecule has 0 spiro atoms. The number of hydrogen-bond acceptors (Lipinski definition) is 5. The van der Waals surface area contributed by atoms with Gasteiger partial charge in [0.05, 0.1) is 26.3 Å². The molecule has 3 rings (SSSR count). The van der Waals surface area contributed by atoms with Crippen LogP contribution < -0.4 is 5.43 Å². The van der Waals surface area contributed by atoms with Crippen LogP contribution in [0.15, 0.2) is 51.5 Å². The number of rotatable bonds is 4. The molecule has 6 nitrogen and oxygen atoms in total. The van der Waals surface area contributed by atoms with Gasteiger partial charge in [0, 0.05) is 6.20 Å². The molecule has 0 fully saturated rings. The van der Waals surface area contributed by atoms with E-state index in [1.165, 1.54) is 6.21 Å². The first kappa shape index (κ1) is 14.6. The molecule has 0 saturated heterocycles. The summed E-state index contributed by atoms with van der Waals surface area (Å²) in [6.45, 7) is 0. The van der Waals surface area contributed by atoms with Crippen LogP contribution in [0.4, 0.5) is 0 Å². The van der Waals surface area contributed by atoms with Crippen molar-refractivity contribution < 1.29 is 4.79 Å². The largest absolute Gasteiger partial charge is 0.291 e. The predicted octanol–water partition coefficient (Wildman–Crippen LogP) is 3.06. The van der Waals surface area contributed by atoms with E-state index in [1.54, 1.807) is 29.7 Å². The molecule has 0 saturated carbocycles. The van der Waals surface area contributed by atoms with Crippen LogP contribution in [0, 0.1) is 0 Å². The van der Waals surface area contributed by atoms with Crippen LogP contribution in [0.3, 0.4) is 0 Å². The number of halogens is 1. The lowest BCUT2D eigenvalue weighted by Crippen LogP contribution is -2.18. The van der Waals surface area contributed by atoms with Gasteiger partial charge in [-0.2, -0.15) is 10.2 Å². The minimum Gasteiger partial charge on any atom is -0.276 e. The molecule has 0 aliphatic carbocycles. The van der Waals surface area contributed by atoms with E-state index >= 15 is 0 Å². The lowest BCUT2D eigenvalue weighted by atomic mass is 10.3. The molecule has 0 unspecified atom stereocenters. The van der Waals surface area contributed by atoms with Crippen LogP contribution in [0.1, 0.15) is 16.2 Å². The summed E-state index contributed by atoms with van der Waals surface area (Å²) < 4.78 is 1.02. The Balaban J connectivity index is 1.66. The summed E-state index contributed by atoms with van der Waals surface area (Å²) in [7, 11) is 0. The Morgan fingerprint density at radius 2 is 2.27 bits per heavy atom. The second kappa shape index (κ2) is 6.63. The molecule has 1 amide bonds. The number of aromatic amines is 1. The standard InChI is InChI=1S/C14H10BrN5OS/c15-13-5-4-12(22-13)10-7-11(19-18-10)14(21)20-17-8-9-3-1-2-6-16-9/h1-8H,(H,18,19)(H,20,21). The number of hydrazone groups is 1. The van der Waals surface area contributed by atoms with Crippen molar-refractivity contribution in [2.45, 2.75) is 0 Å². The molecule has 2 N–H and O–H groups in total. The number of carbonyl (C=O) groups excluding carboxylic acids is 1. The maximum absolute atomic E-state index is 12.0. The monoisotopic (exact) mass is 375 g/mol. The van der Waals surface area contributed by atoms with Crippen molar-refractivity contribution in [3.05, 3.63) is 57.8 Å². The first-order valence-corrected chi connectivity index (χ1v) is 7.89. The third-order valence-electron chi connectivity index (χ3n) is 2.70. The first-order valence-electron chi connectivity index (χ1n) is 6.28. The van der Waals surface area contributed by atoms with Crippen molar-refractivity contribution >= 4 is 39.4 Å². The molecule has 0 aromatic carbocycles. The Morgan fingerprint density at radius 1 is 1.36 bits per heavy atom. The van der Waals surface area contributed by atoms with E-state index in [2.05, 4.69) is 41.6 Å². The number of amides is 1. The number of nitrogens with one attached hydrogen (secondary N) is 2. The second-order valence-corrected chi connectivity index (χ2v) is 6.69. The highest BCUT2D eigenvalue weighted by molar-refractivity contribution is 9.11. The van der Waals surface area contributed by atoms with E-state index in [9.17, 15) is 4.79 Å². The van der Waals surface area contributed by atoms with Crippen molar-refractivity contribution in [3.63, 3.8) is 0 Å². The summed E-state index contributed by atoms with van der Waals surface area (Å²) in [6.07, 6.45) is 3.13. The highest BCUT2D eigenvalue weighted by Gasteiger charge is 2.11. The van der Waals surface area contributed by atoms with Crippen molar-refractivity contribution in [2.75, 3.05) is 0 Å². The van der Waals surface area contributed by atoms with Crippen LogP contribution in [0.5, 0.6) is 0 Å². The summed E-state index contributed by atoms with van der Waals surface area (Å²) in [4.78, 5) is 17.0. The molecule has 0 aliphatic heterocycles. The normalized spacial score (nSPS) is 11.0. The van der Waals surface area contributed by atoms with Crippen LogP contribution in [-0.4, -0.2) is 27.3 Å². The summed E-state index contributed by atoms with van der Waals surface area (Å²) >= 11 is 4.96. The van der Waals surface area contributed by atoms with Crippen molar-refractivity contribution in [1.29, 1.82) is 0 Å². The smallest absolute Gasteiger partial charge is 0.276 e. The van der Waals surface area contributed by atoms with E-state index in [4.69, 9.17) is 0 Å². The fraction of sp³-hybridized carbons (Fsp3) is 0. The Kier molecular flexibility index (Phi) is 4.40. The van der Waals surface area contributed by atoms with E-state index in [0.29, 0.717) is 5.69 Å². The molecular weight excluding hydrogens is 366 g/mol. The number of nitrogens with zero attached hydrogens (tertiary/aromatic N) is 3. The molecule has 8 heteroatoms. The zero-order chi connectivity index (χ0) is 15.4. The molecule has 0 bridgehead atoms. The topological polar surface area (TPSA) is 83.0 Å². The fourth-order valence-corrected chi connectivity index (χ4v) is 3.04. The zero-order valence-electron chi connectivity index (χ0n) is 11.2. The molecule has 0 atom stereocenters. The third kappa shape index (κ3) is 3.46. The highest BCUT2D eigenvalue weighted by Crippen LogP contribution is 2.30. The maximum atomic E-state index is 12.0. The van der Waals surface area contributed by atoms with Gasteiger partial charge in [0.2, 0.25) is 0 Å². The molecule has 22 heavy (non-hydrogen) atoms. The van der Waals surface area contributed by atoms with Gasteiger partial charge in [-0.1, -0.05) is 6.07 Å². The number of H-pyrrole nitrogens is 1. The number of pyridine rings is 1. The summed E-state index contributed by atoms with van der Waals surface area (Å²) in [5.41, 5.74) is 4.14. The van der Waals surface area contributed by atoms with E-state index in [0.717, 1.165) is 14.4 Å². The minimum atomic E-state index is -0.384. The van der Waals surface area contributed by atoms with Gasteiger partial charge in [-0.05, 0) is 46.3 Å². The van der Waals surface area contributed by atoms with Crippen LogP contribution in [0.2, 0.25) is 0 Å². The Labute approximate surface area is 138 Å². The van der Waals surface area contributed by atoms with E-state index in [1.807, 2.05) is 24.3 Å². The predicted molar refractivity (Wildman–Crippen MR) is 88.9 cm³/mol. The summed E-state index contributed by atoms with van der Waals surface area (Å²) in [5.74, 6) is -0.384. The van der Waals surface area contributed by atoms with Gasteiger partial charge in [0.1, 0.15) is 0 Å². The van der Waals surface area contributed by atoms with E-state index < -0.39 is 0 Å². The highest BCUT2D eigenvalue weighted by atomic mass is 79.9. The number of carbonyl (C=O) groups is 1. The lowest BCUT2D eigenvalue weighted by Gasteiger charge is -1.94. The Bertz CT molecular complexity index is 812. The molecule has 3 aromatic rings. The summed E-state index contributed by atoms with van der Waals surface area (Å²) in [5, 5.41) is 10.7. The molecule has 3 aromatic heterocycles. The second-order valence-electron chi connectivity index (χ2n) is 4.22. The summed E-state index contributed by atoms with van der Waals surface area (Å²) in [6, 6.07) is 11.0. The molecule has 0 radical (unpaired) electrons. The molecule has 0 aliphatic rings. The number of hydrogen-bond donors (Lipinski definition) is 2. The SMILES string of the molecule is O=C(NN=Cc1ccccn1)c1cc(-c2ccc(Br)s2)[nH]n1. The quantitative estimate of drug-likeness (QED) is 0.542. The van der Waals surface area contributed by atoms with Crippen molar-refractivity contribution in [2.24, 2.45) is 5.10 Å². The molecule has 3 heterocycles. The van der Waals surface area contributed by atoms with Gasteiger partial charge in [-0.15, -0.1) is 11.3 Å². The first-order chi connectivity index (χ1) is 10.7. The third-order valence-corrected chi connectivity index (χ3v) is 4.36. The minimum absolute atomic E-state index is 0.276. The van der Waals surface area contributed by atoms with Crippen LogP contribution in [-0.2, 0) is 0 Å². The maximum Gasteiger partial charge on any atom is 0.291 e. The zero-order valence-corrected chi connectivity index (χ0v) is 13.6. The molecular formula is C14H10BrN5OS. The van der Waals surface area contributed by atoms with Gasteiger partial charge in [-0.25, -0.2) is 5.43 Å². The lowest BCUT2D eigenvalue weighted by molar-refractivity contribution is 0.0950. The molecule has 110 valence electrons. The Morgan fingerprint density at radius 3 is 3.00 bits per heavy atom. The number of thiophene rings is 1. The van der Waals surface area contributed by atoms with Gasteiger partial charge in [-0.3, -0.25) is 14.9 Å². The van der Waals surface area contributed by atoms with Gasteiger partial charge >= 0.3 is 0 Å². The van der Waals surface area contributed by atoms with Gasteiger partial charge in [0.25, 0.3) is 5.91 Å². The fourth-order valence-electron chi connectivity index (χ4n) is 1.69. The average Bonchev–Trinajstić information content (AvgIpc) is 3.17. The average molecular weight is 376 g/mol. The van der Waals surface area contributed by atoms with Crippen molar-refractivity contribution in [1.82, 2.24) is 20.6 Å². The van der Waals surface area contributed by atoms with Gasteiger partial charge < -0.3 is 0 Å².